The van der Waals surface area contributed by atoms with Gasteiger partial charge in [0.1, 0.15) is 19.3 Å². The molecule has 20 heavy (non-hydrogen) atoms. The lowest BCUT2D eigenvalue weighted by Gasteiger charge is -2.17. The fraction of sp³-hybridized carbons (Fsp3) is 0.786. The molecule has 0 aromatic rings. The van der Waals surface area contributed by atoms with Gasteiger partial charge in [-0.05, 0) is 18.1 Å². The van der Waals surface area contributed by atoms with Crippen molar-refractivity contribution < 1.29 is 24.4 Å². The summed E-state index contributed by atoms with van der Waals surface area (Å²) in [5.74, 6) is 1.36. The van der Waals surface area contributed by atoms with Gasteiger partial charge in [-0.1, -0.05) is 27.4 Å². The van der Waals surface area contributed by atoms with Gasteiger partial charge in [-0.2, -0.15) is 11.8 Å². The fourth-order valence-electron chi connectivity index (χ4n) is 1.00. The van der Waals surface area contributed by atoms with Gasteiger partial charge >= 0.3 is 5.97 Å². The highest BCUT2D eigenvalue weighted by Gasteiger charge is 2.11. The molecule has 0 aromatic carbocycles. The SMILES string of the molecule is C=C(C)C(=O)OCC(O)COOCCSCC(C)(C)C. The van der Waals surface area contributed by atoms with Crippen LogP contribution < -0.4 is 0 Å². The van der Waals surface area contributed by atoms with Crippen molar-refractivity contribution in [3.05, 3.63) is 12.2 Å². The van der Waals surface area contributed by atoms with Gasteiger partial charge in [-0.15, -0.1) is 0 Å². The lowest BCUT2D eigenvalue weighted by Crippen LogP contribution is -2.24. The number of thioether (sulfide) groups is 1. The Morgan fingerprint density at radius 1 is 1.30 bits per heavy atom. The van der Waals surface area contributed by atoms with Gasteiger partial charge in [0.25, 0.3) is 0 Å². The Balaban J connectivity index is 3.42. The van der Waals surface area contributed by atoms with E-state index in [4.69, 9.17) is 14.5 Å². The summed E-state index contributed by atoms with van der Waals surface area (Å²) in [5, 5.41) is 9.47. The zero-order chi connectivity index (χ0) is 15.6. The summed E-state index contributed by atoms with van der Waals surface area (Å²) in [5.41, 5.74) is 0.597. The molecule has 0 aliphatic heterocycles. The van der Waals surface area contributed by atoms with E-state index in [1.165, 1.54) is 0 Å². The van der Waals surface area contributed by atoms with Crippen LogP contribution in [0.3, 0.4) is 0 Å². The number of aliphatic hydroxyl groups is 1. The Morgan fingerprint density at radius 3 is 2.50 bits per heavy atom. The zero-order valence-electron chi connectivity index (χ0n) is 12.8. The van der Waals surface area contributed by atoms with Crippen LogP contribution in [0.2, 0.25) is 0 Å². The van der Waals surface area contributed by atoms with Gasteiger partial charge in [-0.25, -0.2) is 14.6 Å². The predicted molar refractivity (Wildman–Crippen MR) is 80.5 cm³/mol. The van der Waals surface area contributed by atoms with Crippen molar-refractivity contribution in [2.24, 2.45) is 5.41 Å². The minimum atomic E-state index is -0.902. The molecule has 6 heteroatoms. The molecule has 0 spiro atoms. The Morgan fingerprint density at radius 2 is 1.95 bits per heavy atom. The third kappa shape index (κ3) is 12.5. The number of hydrogen-bond donors (Lipinski definition) is 1. The van der Waals surface area contributed by atoms with E-state index in [0.29, 0.717) is 17.6 Å². The Bertz CT molecular complexity index is 298. The molecular weight excluding hydrogens is 280 g/mol. The molecule has 0 saturated carbocycles. The summed E-state index contributed by atoms with van der Waals surface area (Å²) >= 11 is 1.79. The van der Waals surface area contributed by atoms with Crippen molar-refractivity contribution in [3.63, 3.8) is 0 Å². The second-order valence-corrected chi connectivity index (χ2v) is 6.86. The predicted octanol–water partition coefficient (Wildman–Crippen LogP) is 2.19. The van der Waals surface area contributed by atoms with E-state index < -0.39 is 12.1 Å². The number of hydrogen-bond acceptors (Lipinski definition) is 6. The van der Waals surface area contributed by atoms with Crippen LogP contribution in [0.25, 0.3) is 0 Å². The molecule has 0 aliphatic rings. The van der Waals surface area contributed by atoms with Crippen molar-refractivity contribution in [1.82, 2.24) is 0 Å². The van der Waals surface area contributed by atoms with Crippen LogP contribution in [-0.4, -0.2) is 48.5 Å². The van der Waals surface area contributed by atoms with Crippen LogP contribution in [0, 0.1) is 5.41 Å². The Hall–Kier alpha value is -0.560. The summed E-state index contributed by atoms with van der Waals surface area (Å²) in [6, 6.07) is 0. The number of ether oxygens (including phenoxy) is 1. The number of aliphatic hydroxyl groups excluding tert-OH is 1. The second-order valence-electron chi connectivity index (χ2n) is 5.75. The fourth-order valence-corrected chi connectivity index (χ4v) is 1.94. The van der Waals surface area contributed by atoms with E-state index >= 15 is 0 Å². The molecule has 1 atom stereocenters. The Kier molecular flexibility index (Phi) is 9.92. The summed E-state index contributed by atoms with van der Waals surface area (Å²) in [6.07, 6.45) is -0.902. The first kappa shape index (κ1) is 19.4. The van der Waals surface area contributed by atoms with Crippen LogP contribution in [0.5, 0.6) is 0 Å². The molecule has 0 amide bonds. The highest BCUT2D eigenvalue weighted by molar-refractivity contribution is 7.99. The average Bonchev–Trinajstić information content (AvgIpc) is 2.33. The molecule has 0 aromatic heterocycles. The molecule has 1 unspecified atom stereocenters. The smallest absolute Gasteiger partial charge is 0.333 e. The molecule has 0 aliphatic carbocycles. The highest BCUT2D eigenvalue weighted by Crippen LogP contribution is 2.19. The maximum absolute atomic E-state index is 11.1. The first-order chi connectivity index (χ1) is 9.22. The maximum Gasteiger partial charge on any atom is 0.333 e. The van der Waals surface area contributed by atoms with E-state index in [2.05, 4.69) is 27.4 Å². The number of esters is 1. The third-order valence-electron chi connectivity index (χ3n) is 1.95. The summed E-state index contributed by atoms with van der Waals surface area (Å²) < 4.78 is 4.77. The van der Waals surface area contributed by atoms with Crippen molar-refractivity contribution >= 4 is 17.7 Å². The average molecular weight is 306 g/mol. The molecule has 1 N–H and O–H groups in total. The summed E-state index contributed by atoms with van der Waals surface area (Å²) in [4.78, 5) is 20.8. The summed E-state index contributed by atoms with van der Waals surface area (Å²) in [7, 11) is 0. The molecule has 0 heterocycles. The number of carbonyl (C=O) groups is 1. The van der Waals surface area contributed by atoms with Crippen LogP contribution in [0.4, 0.5) is 0 Å². The minimum absolute atomic E-state index is 0.0343. The topological polar surface area (TPSA) is 65.0 Å². The normalized spacial score (nSPS) is 13.1. The standard InChI is InChI=1S/C14H26O5S/c1-11(2)13(16)17-8-12(15)9-19-18-6-7-20-10-14(3,4)5/h12,15H,1,6-10H2,2-5H3. The first-order valence-corrected chi connectivity index (χ1v) is 7.70. The van der Waals surface area contributed by atoms with Gasteiger partial charge in [0.2, 0.25) is 0 Å². The first-order valence-electron chi connectivity index (χ1n) is 6.55. The maximum atomic E-state index is 11.1. The van der Waals surface area contributed by atoms with Crippen molar-refractivity contribution in [2.45, 2.75) is 33.8 Å². The largest absolute Gasteiger partial charge is 0.460 e. The molecule has 0 fully saturated rings. The molecule has 0 saturated heterocycles. The van der Waals surface area contributed by atoms with Gasteiger partial charge < -0.3 is 9.84 Å². The van der Waals surface area contributed by atoms with Gasteiger partial charge in [0.15, 0.2) is 0 Å². The van der Waals surface area contributed by atoms with Crippen LogP contribution >= 0.6 is 11.8 Å². The number of carbonyl (C=O) groups excluding carboxylic acids is 1. The van der Waals surface area contributed by atoms with E-state index in [0.717, 1.165) is 11.5 Å². The number of rotatable bonds is 10. The third-order valence-corrected chi connectivity index (χ3v) is 3.47. The zero-order valence-corrected chi connectivity index (χ0v) is 13.6. The van der Waals surface area contributed by atoms with E-state index in [9.17, 15) is 9.90 Å². The highest BCUT2D eigenvalue weighted by atomic mass is 32.2. The van der Waals surface area contributed by atoms with E-state index in [1.807, 2.05) is 0 Å². The van der Waals surface area contributed by atoms with Gasteiger partial charge in [0.05, 0.1) is 6.61 Å². The summed E-state index contributed by atoms with van der Waals surface area (Å²) in [6.45, 7) is 11.8. The van der Waals surface area contributed by atoms with Crippen molar-refractivity contribution in [2.75, 3.05) is 31.3 Å². The molecule has 0 bridgehead atoms. The molecule has 5 nitrogen and oxygen atoms in total. The van der Waals surface area contributed by atoms with Gasteiger partial charge in [0, 0.05) is 11.3 Å². The molecule has 0 radical (unpaired) electrons. The lowest BCUT2D eigenvalue weighted by molar-refractivity contribution is -0.302. The quantitative estimate of drug-likeness (QED) is 0.219. The van der Waals surface area contributed by atoms with E-state index in [1.54, 1.807) is 18.7 Å². The van der Waals surface area contributed by atoms with Crippen molar-refractivity contribution in [1.29, 1.82) is 0 Å². The van der Waals surface area contributed by atoms with Crippen molar-refractivity contribution in [3.8, 4) is 0 Å². The monoisotopic (exact) mass is 306 g/mol. The van der Waals surface area contributed by atoms with Crippen LogP contribution in [-0.2, 0) is 19.3 Å². The molecule has 118 valence electrons. The van der Waals surface area contributed by atoms with Crippen LogP contribution in [0.15, 0.2) is 12.2 Å². The molecule has 0 rings (SSSR count). The van der Waals surface area contributed by atoms with E-state index in [-0.39, 0.29) is 13.2 Å². The Labute approximate surface area is 125 Å². The second kappa shape index (κ2) is 10.2. The van der Waals surface area contributed by atoms with Gasteiger partial charge in [-0.3, -0.25) is 0 Å². The van der Waals surface area contributed by atoms with Crippen LogP contribution in [0.1, 0.15) is 27.7 Å². The lowest BCUT2D eigenvalue weighted by atomic mass is 10.0. The minimum Gasteiger partial charge on any atom is -0.460 e. The molecular formula is C14H26O5S.